The lowest BCUT2D eigenvalue weighted by Crippen LogP contribution is -2.36. The van der Waals surface area contributed by atoms with Gasteiger partial charge in [-0.15, -0.1) is 5.10 Å². The molecule has 1 saturated carbocycles. The van der Waals surface area contributed by atoms with Gasteiger partial charge in [-0.3, -0.25) is 4.68 Å². The summed E-state index contributed by atoms with van der Waals surface area (Å²) in [5.74, 6) is 1.97. The summed E-state index contributed by atoms with van der Waals surface area (Å²) in [6.45, 7) is 4.61. The molecule has 0 spiro atoms. The monoisotopic (exact) mass is 222 g/mol. The van der Waals surface area contributed by atoms with Crippen LogP contribution in [0, 0.1) is 11.8 Å². The summed E-state index contributed by atoms with van der Waals surface area (Å²) in [7, 11) is 1.95. The summed E-state index contributed by atoms with van der Waals surface area (Å²) in [6.07, 6.45) is 5.44. The summed E-state index contributed by atoms with van der Waals surface area (Å²) in [6, 6.07) is 0.271. The topological polar surface area (TPSA) is 56.7 Å². The lowest BCUT2D eigenvalue weighted by atomic mass is 9.73. The van der Waals surface area contributed by atoms with Crippen LogP contribution in [0.15, 0.2) is 6.20 Å². The van der Waals surface area contributed by atoms with Crippen LogP contribution in [-0.4, -0.2) is 21.0 Å². The third-order valence-electron chi connectivity index (χ3n) is 4.02. The molecule has 1 fully saturated rings. The van der Waals surface area contributed by atoms with E-state index in [4.69, 9.17) is 5.73 Å². The molecule has 1 aromatic heterocycles. The zero-order chi connectivity index (χ0) is 11.7. The van der Waals surface area contributed by atoms with Gasteiger partial charge >= 0.3 is 0 Å². The predicted octanol–water partition coefficient (Wildman–Crippen LogP) is 1.68. The van der Waals surface area contributed by atoms with Gasteiger partial charge in [-0.05, 0) is 31.1 Å². The standard InChI is InChI=1S/C12H22N4/c1-8(2)9-4-5-11(13)10(6-9)12-7-14-15-16(12)3/h7-11H,4-6,13H2,1-3H3. The molecule has 16 heavy (non-hydrogen) atoms. The van der Waals surface area contributed by atoms with Crippen LogP contribution in [0.25, 0.3) is 0 Å². The number of nitrogens with two attached hydrogens (primary N) is 1. The Morgan fingerprint density at radius 1 is 1.44 bits per heavy atom. The van der Waals surface area contributed by atoms with Crippen molar-refractivity contribution in [2.24, 2.45) is 24.6 Å². The van der Waals surface area contributed by atoms with E-state index in [-0.39, 0.29) is 6.04 Å². The fraction of sp³-hybridized carbons (Fsp3) is 0.833. The lowest BCUT2D eigenvalue weighted by molar-refractivity contribution is 0.227. The summed E-state index contributed by atoms with van der Waals surface area (Å²) in [4.78, 5) is 0. The summed E-state index contributed by atoms with van der Waals surface area (Å²) < 4.78 is 1.87. The van der Waals surface area contributed by atoms with E-state index in [2.05, 4.69) is 24.2 Å². The molecule has 4 heteroatoms. The maximum Gasteiger partial charge on any atom is 0.0728 e. The average molecular weight is 222 g/mol. The predicted molar refractivity (Wildman–Crippen MR) is 63.9 cm³/mol. The van der Waals surface area contributed by atoms with Gasteiger partial charge in [-0.2, -0.15) is 0 Å². The van der Waals surface area contributed by atoms with Crippen LogP contribution in [0.4, 0.5) is 0 Å². The molecule has 4 nitrogen and oxygen atoms in total. The first-order valence-electron chi connectivity index (χ1n) is 6.19. The molecule has 1 heterocycles. The molecular weight excluding hydrogens is 200 g/mol. The first-order chi connectivity index (χ1) is 7.59. The largest absolute Gasteiger partial charge is 0.327 e. The Labute approximate surface area is 97.2 Å². The maximum absolute atomic E-state index is 6.23. The van der Waals surface area contributed by atoms with Gasteiger partial charge in [0, 0.05) is 19.0 Å². The molecule has 2 N–H and O–H groups in total. The molecule has 3 atom stereocenters. The minimum atomic E-state index is 0.271. The highest BCUT2D eigenvalue weighted by atomic mass is 15.4. The Bertz CT molecular complexity index is 345. The number of aryl methyl sites for hydroxylation is 1. The molecule has 0 bridgehead atoms. The van der Waals surface area contributed by atoms with Gasteiger partial charge in [0.1, 0.15) is 0 Å². The Morgan fingerprint density at radius 2 is 2.19 bits per heavy atom. The molecule has 0 amide bonds. The minimum Gasteiger partial charge on any atom is -0.327 e. The molecule has 0 radical (unpaired) electrons. The van der Waals surface area contributed by atoms with Gasteiger partial charge in [0.2, 0.25) is 0 Å². The van der Waals surface area contributed by atoms with Crippen molar-refractivity contribution in [3.8, 4) is 0 Å². The zero-order valence-electron chi connectivity index (χ0n) is 10.4. The highest BCUT2D eigenvalue weighted by Gasteiger charge is 2.32. The quantitative estimate of drug-likeness (QED) is 0.828. The molecule has 90 valence electrons. The minimum absolute atomic E-state index is 0.271. The van der Waals surface area contributed by atoms with Gasteiger partial charge in [0.05, 0.1) is 11.9 Å². The smallest absolute Gasteiger partial charge is 0.0728 e. The molecular formula is C12H22N4. The number of hydrogen-bond donors (Lipinski definition) is 1. The molecule has 3 unspecified atom stereocenters. The van der Waals surface area contributed by atoms with E-state index in [1.54, 1.807) is 0 Å². The van der Waals surface area contributed by atoms with Crippen molar-refractivity contribution >= 4 is 0 Å². The Hall–Kier alpha value is -0.900. The van der Waals surface area contributed by atoms with E-state index in [0.29, 0.717) is 5.92 Å². The van der Waals surface area contributed by atoms with Gasteiger partial charge < -0.3 is 5.73 Å². The average Bonchev–Trinajstić information content (AvgIpc) is 2.65. The fourth-order valence-corrected chi connectivity index (χ4v) is 2.81. The third kappa shape index (κ3) is 2.12. The maximum atomic E-state index is 6.23. The first kappa shape index (κ1) is 11.6. The molecule has 0 aromatic carbocycles. The molecule has 0 aliphatic heterocycles. The lowest BCUT2D eigenvalue weighted by Gasteiger charge is -2.35. The van der Waals surface area contributed by atoms with Crippen LogP contribution in [0.2, 0.25) is 0 Å². The van der Waals surface area contributed by atoms with E-state index < -0.39 is 0 Å². The van der Waals surface area contributed by atoms with Crippen LogP contribution in [0.1, 0.15) is 44.7 Å². The molecule has 1 aliphatic rings. The van der Waals surface area contributed by atoms with E-state index in [9.17, 15) is 0 Å². The highest BCUT2D eigenvalue weighted by molar-refractivity contribution is 5.09. The third-order valence-corrected chi connectivity index (χ3v) is 4.02. The molecule has 1 aliphatic carbocycles. The van der Waals surface area contributed by atoms with Crippen molar-refractivity contribution in [2.75, 3.05) is 0 Å². The van der Waals surface area contributed by atoms with E-state index in [0.717, 1.165) is 18.3 Å². The van der Waals surface area contributed by atoms with Crippen LogP contribution in [-0.2, 0) is 7.05 Å². The Morgan fingerprint density at radius 3 is 2.75 bits per heavy atom. The van der Waals surface area contributed by atoms with Crippen molar-refractivity contribution in [3.05, 3.63) is 11.9 Å². The SMILES string of the molecule is CC(C)C1CCC(N)C(c2cnnn2C)C1. The first-order valence-corrected chi connectivity index (χ1v) is 6.19. The van der Waals surface area contributed by atoms with Gasteiger partial charge in [0.25, 0.3) is 0 Å². The van der Waals surface area contributed by atoms with E-state index in [1.807, 2.05) is 17.9 Å². The number of nitrogens with zero attached hydrogens (tertiary/aromatic N) is 3. The van der Waals surface area contributed by atoms with Crippen molar-refractivity contribution in [3.63, 3.8) is 0 Å². The summed E-state index contributed by atoms with van der Waals surface area (Å²) in [5, 5.41) is 7.97. The van der Waals surface area contributed by atoms with Crippen LogP contribution >= 0.6 is 0 Å². The van der Waals surface area contributed by atoms with Crippen molar-refractivity contribution < 1.29 is 0 Å². The molecule has 2 rings (SSSR count). The van der Waals surface area contributed by atoms with Gasteiger partial charge in [-0.1, -0.05) is 19.1 Å². The number of hydrogen-bond acceptors (Lipinski definition) is 3. The van der Waals surface area contributed by atoms with Gasteiger partial charge in [0.15, 0.2) is 0 Å². The highest BCUT2D eigenvalue weighted by Crippen LogP contribution is 2.38. The summed E-state index contributed by atoms with van der Waals surface area (Å²) in [5.41, 5.74) is 7.43. The normalized spacial score (nSPS) is 30.9. The van der Waals surface area contributed by atoms with Crippen LogP contribution in [0.5, 0.6) is 0 Å². The number of aromatic nitrogens is 3. The van der Waals surface area contributed by atoms with Crippen molar-refractivity contribution in [2.45, 2.75) is 45.1 Å². The molecule has 1 aromatic rings. The van der Waals surface area contributed by atoms with Crippen LogP contribution < -0.4 is 5.73 Å². The zero-order valence-corrected chi connectivity index (χ0v) is 10.4. The van der Waals surface area contributed by atoms with Crippen LogP contribution in [0.3, 0.4) is 0 Å². The van der Waals surface area contributed by atoms with Crippen molar-refractivity contribution in [1.82, 2.24) is 15.0 Å². The summed E-state index contributed by atoms with van der Waals surface area (Å²) >= 11 is 0. The fourth-order valence-electron chi connectivity index (χ4n) is 2.81. The second-order valence-electron chi connectivity index (χ2n) is 5.37. The Kier molecular flexibility index (Phi) is 3.28. The van der Waals surface area contributed by atoms with Crippen molar-refractivity contribution in [1.29, 1.82) is 0 Å². The second-order valence-corrected chi connectivity index (χ2v) is 5.37. The van der Waals surface area contributed by atoms with E-state index >= 15 is 0 Å². The Balaban J connectivity index is 2.16. The number of rotatable bonds is 2. The van der Waals surface area contributed by atoms with Gasteiger partial charge in [-0.25, -0.2) is 0 Å². The molecule has 0 saturated heterocycles. The second kappa shape index (κ2) is 4.53. The van der Waals surface area contributed by atoms with E-state index in [1.165, 1.54) is 18.5 Å².